The minimum absolute atomic E-state index is 0.147. The molecular weight excluding hydrogens is 396 g/mol. The van der Waals surface area contributed by atoms with Gasteiger partial charge in [-0.15, -0.1) is 0 Å². The van der Waals surface area contributed by atoms with Crippen LogP contribution in [0.15, 0.2) is 12.2 Å². The summed E-state index contributed by atoms with van der Waals surface area (Å²) >= 11 is 1.84. The highest BCUT2D eigenvalue weighted by molar-refractivity contribution is 8.14. The van der Waals surface area contributed by atoms with Gasteiger partial charge in [0.1, 0.15) is 5.75 Å². The van der Waals surface area contributed by atoms with Gasteiger partial charge in [-0.3, -0.25) is 4.55 Å². The predicted octanol–water partition coefficient (Wildman–Crippen LogP) is 2.24. The number of aliphatic hydroxyl groups is 1. The quantitative estimate of drug-likeness (QED) is 0.496. The first kappa shape index (κ1) is 22.3. The molecule has 3 rings (SSSR count). The first-order valence-corrected chi connectivity index (χ1v) is 12.9. The zero-order valence-corrected chi connectivity index (χ0v) is 18.8. The maximum absolute atomic E-state index is 11.3. The Labute approximate surface area is 173 Å². The zero-order chi connectivity index (χ0) is 20.5. The Bertz CT molecular complexity index is 720. The fraction of sp³-hybridized carbons (Fsp3) is 0.850. The van der Waals surface area contributed by atoms with Crippen LogP contribution in [0.2, 0.25) is 0 Å². The molecule has 2 aliphatic carbocycles. The molecule has 0 spiro atoms. The molecule has 1 aliphatic heterocycles. The number of hydrogen-bond acceptors (Lipinski definition) is 5. The van der Waals surface area contributed by atoms with Crippen molar-refractivity contribution in [3.8, 4) is 0 Å². The molecular formula is C20H35N2O4S2+. The lowest BCUT2D eigenvalue weighted by atomic mass is 9.83. The summed E-state index contributed by atoms with van der Waals surface area (Å²) in [6.07, 6.45) is 10.2. The van der Waals surface area contributed by atoms with E-state index in [1.807, 2.05) is 11.8 Å². The molecule has 28 heavy (non-hydrogen) atoms. The van der Waals surface area contributed by atoms with E-state index >= 15 is 0 Å². The molecule has 0 aromatic carbocycles. The third-order valence-corrected chi connectivity index (χ3v) is 8.78. The molecule has 0 saturated heterocycles. The van der Waals surface area contributed by atoms with Crippen LogP contribution < -0.4 is 0 Å². The Balaban J connectivity index is 1.74. The highest BCUT2D eigenvalue weighted by Crippen LogP contribution is 2.39. The van der Waals surface area contributed by atoms with E-state index in [1.54, 1.807) is 0 Å². The summed E-state index contributed by atoms with van der Waals surface area (Å²) in [4.78, 5) is 2.19. The summed E-state index contributed by atoms with van der Waals surface area (Å²) in [6.45, 7) is 2.59. The van der Waals surface area contributed by atoms with Crippen LogP contribution in [0.1, 0.15) is 45.4 Å². The lowest BCUT2D eigenvalue weighted by Gasteiger charge is -2.35. The topological polar surface area (TPSA) is 80.8 Å². The minimum atomic E-state index is -3.98. The van der Waals surface area contributed by atoms with E-state index in [-0.39, 0.29) is 17.8 Å². The van der Waals surface area contributed by atoms with Crippen molar-refractivity contribution < 1.29 is 22.7 Å². The molecule has 8 heteroatoms. The second-order valence-corrected chi connectivity index (χ2v) is 11.8. The molecule has 6 atom stereocenters. The summed E-state index contributed by atoms with van der Waals surface area (Å²) in [7, 11) is 0.150. The Morgan fingerprint density at radius 2 is 1.96 bits per heavy atom. The van der Waals surface area contributed by atoms with Gasteiger partial charge in [-0.05, 0) is 63.9 Å². The van der Waals surface area contributed by atoms with Crippen LogP contribution in [-0.2, 0) is 10.1 Å². The SMILES string of the molecule is CC1CCC2SC(/C=C/C3CCC(N(C)C)CC3O)=[N+](CCS(=O)(=O)O)C2C1. The van der Waals surface area contributed by atoms with Crippen molar-refractivity contribution in [1.29, 1.82) is 0 Å². The average molecular weight is 432 g/mol. The van der Waals surface area contributed by atoms with Crippen LogP contribution in [0, 0.1) is 11.8 Å². The van der Waals surface area contributed by atoms with Crippen molar-refractivity contribution in [2.24, 2.45) is 11.8 Å². The lowest BCUT2D eigenvalue weighted by molar-refractivity contribution is -0.558. The van der Waals surface area contributed by atoms with E-state index in [0.29, 0.717) is 29.8 Å². The number of aliphatic hydroxyl groups excluding tert-OH is 1. The van der Waals surface area contributed by atoms with Crippen LogP contribution in [0.4, 0.5) is 0 Å². The molecule has 0 amide bonds. The van der Waals surface area contributed by atoms with Crippen molar-refractivity contribution in [2.45, 2.75) is 68.9 Å². The maximum atomic E-state index is 11.3. The second kappa shape index (κ2) is 9.16. The Morgan fingerprint density at radius 3 is 2.61 bits per heavy atom. The molecule has 6 nitrogen and oxygen atoms in total. The van der Waals surface area contributed by atoms with Gasteiger partial charge in [-0.25, -0.2) is 4.58 Å². The van der Waals surface area contributed by atoms with E-state index in [0.717, 1.165) is 37.1 Å². The molecule has 0 radical (unpaired) electrons. The summed E-state index contributed by atoms with van der Waals surface area (Å²) < 4.78 is 34.0. The highest BCUT2D eigenvalue weighted by Gasteiger charge is 2.45. The zero-order valence-electron chi connectivity index (χ0n) is 17.2. The summed E-state index contributed by atoms with van der Waals surface area (Å²) in [5.74, 6) is 0.551. The highest BCUT2D eigenvalue weighted by atomic mass is 32.2. The molecule has 0 aromatic heterocycles. The maximum Gasteiger partial charge on any atom is 0.271 e. The molecule has 160 valence electrons. The first-order valence-electron chi connectivity index (χ1n) is 10.4. The fourth-order valence-corrected chi connectivity index (χ4v) is 6.77. The van der Waals surface area contributed by atoms with Gasteiger partial charge in [0.15, 0.2) is 12.6 Å². The monoisotopic (exact) mass is 431 g/mol. The van der Waals surface area contributed by atoms with Crippen LogP contribution >= 0.6 is 11.8 Å². The van der Waals surface area contributed by atoms with E-state index in [2.05, 4.69) is 42.6 Å². The van der Waals surface area contributed by atoms with Crippen LogP contribution in [0.5, 0.6) is 0 Å². The predicted molar refractivity (Wildman–Crippen MR) is 115 cm³/mol. The van der Waals surface area contributed by atoms with Crippen molar-refractivity contribution in [2.75, 3.05) is 26.4 Å². The van der Waals surface area contributed by atoms with Gasteiger partial charge in [-0.1, -0.05) is 13.0 Å². The Kier molecular flexibility index (Phi) is 7.29. The van der Waals surface area contributed by atoms with Crippen LogP contribution in [-0.4, -0.2) is 82.4 Å². The smallest absolute Gasteiger partial charge is 0.271 e. The molecule has 0 bridgehead atoms. The molecule has 1 heterocycles. The number of nitrogens with zero attached hydrogens (tertiary/aromatic N) is 2. The number of thioether (sulfide) groups is 1. The molecule has 3 aliphatic rings. The van der Waals surface area contributed by atoms with Crippen LogP contribution in [0.25, 0.3) is 0 Å². The average Bonchev–Trinajstić information content (AvgIpc) is 2.94. The van der Waals surface area contributed by atoms with Crippen molar-refractivity contribution in [1.82, 2.24) is 4.90 Å². The molecule has 0 aromatic rings. The van der Waals surface area contributed by atoms with Gasteiger partial charge in [0.25, 0.3) is 10.1 Å². The fourth-order valence-electron chi connectivity index (χ4n) is 4.85. The van der Waals surface area contributed by atoms with Gasteiger partial charge in [0.2, 0.25) is 5.04 Å². The Hall–Kier alpha value is -0.410. The molecule has 2 saturated carbocycles. The minimum Gasteiger partial charge on any atom is -0.392 e. The van der Waals surface area contributed by atoms with Gasteiger partial charge in [0.05, 0.1) is 11.4 Å². The first-order chi connectivity index (χ1) is 13.1. The largest absolute Gasteiger partial charge is 0.392 e. The third kappa shape index (κ3) is 5.59. The van der Waals surface area contributed by atoms with Gasteiger partial charge >= 0.3 is 0 Å². The molecule has 2 N–H and O–H groups in total. The standard InChI is InChI=1S/C20H34N2O4S2/c1-14-4-8-19-17(12-14)22(10-11-28(24,25)26)20(27-19)9-6-15-5-7-16(21(2)3)13-18(15)23/h6,9,14-19,23H,4-5,7-8,10-13H2,1-3H3/p+1/b9-6+. The normalized spacial score (nSPS) is 37.1. The second-order valence-electron chi connectivity index (χ2n) is 8.98. The summed E-state index contributed by atoms with van der Waals surface area (Å²) in [5, 5.41) is 12.1. The lowest BCUT2D eigenvalue weighted by Crippen LogP contribution is -2.39. The number of fused-ring (bicyclic) bond motifs is 1. The van der Waals surface area contributed by atoms with Crippen molar-refractivity contribution in [3.63, 3.8) is 0 Å². The molecule has 2 fully saturated rings. The van der Waals surface area contributed by atoms with E-state index < -0.39 is 10.1 Å². The summed E-state index contributed by atoms with van der Waals surface area (Å²) in [5.41, 5.74) is 0. The van der Waals surface area contributed by atoms with Crippen LogP contribution in [0.3, 0.4) is 0 Å². The van der Waals surface area contributed by atoms with E-state index in [9.17, 15) is 18.1 Å². The van der Waals surface area contributed by atoms with Gasteiger partial charge < -0.3 is 10.0 Å². The van der Waals surface area contributed by atoms with Gasteiger partial charge in [0, 0.05) is 24.5 Å². The third-order valence-electron chi connectivity index (χ3n) is 6.62. The van der Waals surface area contributed by atoms with E-state index in [1.165, 1.54) is 6.42 Å². The summed E-state index contributed by atoms with van der Waals surface area (Å²) in [6, 6.07) is 0.772. The van der Waals surface area contributed by atoms with E-state index in [4.69, 9.17) is 0 Å². The number of rotatable bonds is 6. The number of hydrogen-bond donors (Lipinski definition) is 2. The van der Waals surface area contributed by atoms with Crippen molar-refractivity contribution in [3.05, 3.63) is 12.2 Å². The van der Waals surface area contributed by atoms with Gasteiger partial charge in [-0.2, -0.15) is 8.42 Å². The Morgan fingerprint density at radius 1 is 1.21 bits per heavy atom. The molecule has 6 unspecified atom stereocenters. The van der Waals surface area contributed by atoms with Crippen molar-refractivity contribution >= 4 is 26.9 Å².